The minimum Gasteiger partial charge on any atom is -0.444 e. The van der Waals surface area contributed by atoms with Crippen molar-refractivity contribution in [3.05, 3.63) is 76.5 Å². The molecule has 1 heterocycles. The van der Waals surface area contributed by atoms with Gasteiger partial charge in [0.05, 0.1) is 4.92 Å². The normalized spacial score (nSPS) is 10.5. The monoisotopic (exact) mass is 296 g/mol. The minimum absolute atomic E-state index is 0.111. The largest absolute Gasteiger partial charge is 0.444 e. The molecule has 0 amide bonds. The summed E-state index contributed by atoms with van der Waals surface area (Å²) in [7, 11) is 0. The summed E-state index contributed by atoms with van der Waals surface area (Å²) >= 11 is 0. The van der Waals surface area contributed by atoms with Gasteiger partial charge in [-0.2, -0.15) is 0 Å². The van der Waals surface area contributed by atoms with Crippen LogP contribution in [0.25, 0.3) is 10.9 Å². The Morgan fingerprint density at radius 2 is 1.86 bits per heavy atom. The second-order valence-corrected chi connectivity index (χ2v) is 4.70. The minimum atomic E-state index is -0.645. The van der Waals surface area contributed by atoms with E-state index in [9.17, 15) is 14.9 Å². The SMILES string of the molecule is O=C(OCc1ccccc1)n1ccc2cccc([N+](=O)[O-])c21. The molecule has 6 heteroatoms. The fraction of sp³-hybridized carbons (Fsp3) is 0.0625. The molecule has 0 atom stereocenters. The zero-order valence-electron chi connectivity index (χ0n) is 11.5. The number of carbonyl (C=O) groups is 1. The Bertz CT molecular complexity index is 840. The van der Waals surface area contributed by atoms with Crippen LogP contribution in [0.5, 0.6) is 0 Å². The van der Waals surface area contributed by atoms with E-state index in [-0.39, 0.29) is 17.8 Å². The van der Waals surface area contributed by atoms with Gasteiger partial charge in [0.1, 0.15) is 12.1 Å². The first kappa shape index (κ1) is 13.8. The Hall–Kier alpha value is -3.15. The van der Waals surface area contributed by atoms with E-state index < -0.39 is 11.0 Å². The highest BCUT2D eigenvalue weighted by molar-refractivity contribution is 5.95. The van der Waals surface area contributed by atoms with E-state index in [1.54, 1.807) is 18.2 Å². The lowest BCUT2D eigenvalue weighted by Crippen LogP contribution is -2.13. The maximum atomic E-state index is 12.2. The Kier molecular flexibility index (Phi) is 3.57. The van der Waals surface area contributed by atoms with E-state index in [1.807, 2.05) is 30.3 Å². The third kappa shape index (κ3) is 2.54. The zero-order valence-corrected chi connectivity index (χ0v) is 11.5. The van der Waals surface area contributed by atoms with Crippen LogP contribution in [0, 0.1) is 10.1 Å². The number of hydrogen-bond acceptors (Lipinski definition) is 4. The number of nitro groups is 1. The highest BCUT2D eigenvalue weighted by atomic mass is 16.6. The van der Waals surface area contributed by atoms with Gasteiger partial charge in [-0.1, -0.05) is 42.5 Å². The van der Waals surface area contributed by atoms with E-state index in [0.29, 0.717) is 5.39 Å². The maximum absolute atomic E-state index is 12.2. The lowest BCUT2D eigenvalue weighted by Gasteiger charge is -2.06. The smallest absolute Gasteiger partial charge is 0.419 e. The van der Waals surface area contributed by atoms with E-state index in [2.05, 4.69) is 0 Å². The molecule has 0 bridgehead atoms. The molecule has 0 unspecified atom stereocenters. The molecule has 0 N–H and O–H groups in total. The Balaban J connectivity index is 1.90. The van der Waals surface area contributed by atoms with Crippen molar-refractivity contribution in [2.24, 2.45) is 0 Å². The van der Waals surface area contributed by atoms with E-state index in [4.69, 9.17) is 4.74 Å². The molecular formula is C16H12N2O4. The number of fused-ring (bicyclic) bond motifs is 1. The van der Waals surface area contributed by atoms with Gasteiger partial charge in [0, 0.05) is 17.6 Å². The van der Waals surface area contributed by atoms with E-state index in [1.165, 1.54) is 12.3 Å². The number of hydrogen-bond donors (Lipinski definition) is 0. The summed E-state index contributed by atoms with van der Waals surface area (Å²) in [5.74, 6) is 0. The van der Waals surface area contributed by atoms with Gasteiger partial charge in [-0.05, 0) is 11.6 Å². The lowest BCUT2D eigenvalue weighted by molar-refractivity contribution is -0.383. The van der Waals surface area contributed by atoms with E-state index >= 15 is 0 Å². The van der Waals surface area contributed by atoms with Crippen molar-refractivity contribution in [2.75, 3.05) is 0 Å². The quantitative estimate of drug-likeness (QED) is 0.545. The molecule has 0 spiro atoms. The van der Waals surface area contributed by atoms with Crippen molar-refractivity contribution >= 4 is 22.7 Å². The third-order valence-corrected chi connectivity index (χ3v) is 3.29. The lowest BCUT2D eigenvalue weighted by atomic mass is 10.2. The predicted molar refractivity (Wildman–Crippen MR) is 80.6 cm³/mol. The van der Waals surface area contributed by atoms with Crippen LogP contribution in [0.3, 0.4) is 0 Å². The first-order valence-electron chi connectivity index (χ1n) is 6.62. The molecule has 22 heavy (non-hydrogen) atoms. The molecule has 0 aliphatic heterocycles. The van der Waals surface area contributed by atoms with Crippen LogP contribution in [0.15, 0.2) is 60.8 Å². The molecule has 3 aromatic rings. The molecule has 0 saturated carbocycles. The van der Waals surface area contributed by atoms with Gasteiger partial charge in [-0.15, -0.1) is 0 Å². The number of carbonyl (C=O) groups excluding carboxylic acids is 1. The second kappa shape index (κ2) is 5.69. The third-order valence-electron chi connectivity index (χ3n) is 3.29. The predicted octanol–water partition coefficient (Wildman–Crippen LogP) is 3.73. The van der Waals surface area contributed by atoms with Crippen LogP contribution in [-0.2, 0) is 11.3 Å². The summed E-state index contributed by atoms with van der Waals surface area (Å²) in [6.07, 6.45) is 0.832. The van der Waals surface area contributed by atoms with Crippen molar-refractivity contribution in [3.63, 3.8) is 0 Å². The summed E-state index contributed by atoms with van der Waals surface area (Å²) in [5, 5.41) is 11.7. The number of nitro benzene ring substituents is 1. The molecular weight excluding hydrogens is 284 g/mol. The molecule has 0 aliphatic rings. The van der Waals surface area contributed by atoms with Crippen LogP contribution in [-0.4, -0.2) is 15.6 Å². The molecule has 6 nitrogen and oxygen atoms in total. The molecule has 1 aromatic heterocycles. The van der Waals surface area contributed by atoms with Gasteiger partial charge in [-0.25, -0.2) is 9.36 Å². The molecule has 3 rings (SSSR count). The highest BCUT2D eigenvalue weighted by Crippen LogP contribution is 2.26. The van der Waals surface area contributed by atoms with Gasteiger partial charge in [0.15, 0.2) is 0 Å². The summed E-state index contributed by atoms with van der Waals surface area (Å²) < 4.78 is 6.38. The molecule has 0 radical (unpaired) electrons. The van der Waals surface area contributed by atoms with Crippen molar-refractivity contribution in [1.29, 1.82) is 0 Å². The number of para-hydroxylation sites is 1. The van der Waals surface area contributed by atoms with Gasteiger partial charge in [0.2, 0.25) is 0 Å². The van der Waals surface area contributed by atoms with Crippen LogP contribution in [0.1, 0.15) is 5.56 Å². The molecule has 2 aromatic carbocycles. The maximum Gasteiger partial charge on any atom is 0.419 e. The van der Waals surface area contributed by atoms with Crippen LogP contribution in [0.2, 0.25) is 0 Å². The molecule has 110 valence electrons. The van der Waals surface area contributed by atoms with Crippen molar-refractivity contribution in [1.82, 2.24) is 4.57 Å². The van der Waals surface area contributed by atoms with Crippen molar-refractivity contribution in [2.45, 2.75) is 6.61 Å². The average molecular weight is 296 g/mol. The fourth-order valence-corrected chi connectivity index (χ4v) is 2.26. The van der Waals surface area contributed by atoms with Crippen molar-refractivity contribution < 1.29 is 14.5 Å². The Morgan fingerprint density at radius 3 is 2.59 bits per heavy atom. The first-order chi connectivity index (χ1) is 10.7. The summed E-state index contributed by atoms with van der Waals surface area (Å²) in [6, 6.07) is 15.5. The number of nitrogens with zero attached hydrogens (tertiary/aromatic N) is 2. The highest BCUT2D eigenvalue weighted by Gasteiger charge is 2.19. The number of rotatable bonds is 3. The van der Waals surface area contributed by atoms with E-state index in [0.717, 1.165) is 10.1 Å². The van der Waals surface area contributed by atoms with Gasteiger partial charge in [0.25, 0.3) is 5.69 Å². The van der Waals surface area contributed by atoms with Crippen molar-refractivity contribution in [3.8, 4) is 0 Å². The average Bonchev–Trinajstić information content (AvgIpc) is 2.97. The molecule has 0 aliphatic carbocycles. The topological polar surface area (TPSA) is 74.4 Å². The van der Waals surface area contributed by atoms with Gasteiger partial charge >= 0.3 is 6.09 Å². The Labute approximate surface area is 125 Å². The van der Waals surface area contributed by atoms with Crippen LogP contribution < -0.4 is 0 Å². The van der Waals surface area contributed by atoms with Crippen LogP contribution in [0.4, 0.5) is 10.5 Å². The molecule has 0 saturated heterocycles. The van der Waals surface area contributed by atoms with Crippen LogP contribution >= 0.6 is 0 Å². The standard InChI is InChI=1S/C16H12N2O4/c19-16(22-11-12-5-2-1-3-6-12)17-10-9-13-7-4-8-14(15(13)17)18(20)21/h1-10H,11H2. The number of ether oxygens (including phenoxy) is 1. The molecule has 0 fully saturated rings. The number of non-ortho nitro benzene ring substituents is 1. The Morgan fingerprint density at radius 1 is 1.09 bits per heavy atom. The zero-order chi connectivity index (χ0) is 15.5. The summed E-state index contributed by atoms with van der Waals surface area (Å²) in [5.41, 5.74) is 0.964. The van der Waals surface area contributed by atoms with Gasteiger partial charge < -0.3 is 4.74 Å². The number of benzene rings is 2. The fourth-order valence-electron chi connectivity index (χ4n) is 2.26. The second-order valence-electron chi connectivity index (χ2n) is 4.70. The number of aromatic nitrogens is 1. The summed E-state index contributed by atoms with van der Waals surface area (Å²) in [6.45, 7) is 0.111. The van der Waals surface area contributed by atoms with Gasteiger partial charge in [-0.3, -0.25) is 10.1 Å². The first-order valence-corrected chi connectivity index (χ1v) is 6.62. The summed E-state index contributed by atoms with van der Waals surface area (Å²) in [4.78, 5) is 22.8.